The lowest BCUT2D eigenvalue weighted by molar-refractivity contribution is -1.09. The van der Waals surface area contributed by atoms with Crippen LogP contribution in [-0.4, -0.2) is 24.8 Å². The van der Waals surface area contributed by atoms with E-state index in [-0.39, 0.29) is 0 Å². The highest BCUT2D eigenvalue weighted by molar-refractivity contribution is 5.23. The Morgan fingerprint density at radius 1 is 1.22 bits per heavy atom. The molecule has 1 saturated heterocycles. The predicted molar refractivity (Wildman–Crippen MR) is 75.0 cm³/mol. The van der Waals surface area contributed by atoms with Crippen LogP contribution in [-0.2, 0) is 4.84 Å². The largest absolute Gasteiger partial charge is 0.199 e. The molecule has 1 aromatic rings. The third-order valence-electron chi connectivity index (χ3n) is 4.00. The summed E-state index contributed by atoms with van der Waals surface area (Å²) in [5.41, 5.74) is 2.73. The van der Waals surface area contributed by atoms with Gasteiger partial charge in [-0.3, -0.25) is 0 Å². The molecule has 18 heavy (non-hydrogen) atoms. The lowest BCUT2D eigenvalue weighted by Crippen LogP contribution is -2.37. The van der Waals surface area contributed by atoms with E-state index in [0.29, 0.717) is 16.8 Å². The van der Waals surface area contributed by atoms with Crippen LogP contribution in [0.4, 0.5) is 0 Å². The number of aryl methyl sites for hydroxylation is 1. The number of hydrogen-bond donors (Lipinski definition) is 0. The van der Waals surface area contributed by atoms with Crippen molar-refractivity contribution in [3.05, 3.63) is 35.4 Å². The highest BCUT2D eigenvalue weighted by Gasteiger charge is 2.43. The molecular formula is C16H26NO+. The lowest BCUT2D eigenvalue weighted by atomic mass is 9.98. The second-order valence-electron chi connectivity index (χ2n) is 5.97. The van der Waals surface area contributed by atoms with Gasteiger partial charge in [-0.05, 0) is 13.3 Å². The van der Waals surface area contributed by atoms with Gasteiger partial charge in [-0.15, -0.1) is 0 Å². The average Bonchev–Trinajstić information content (AvgIpc) is 2.63. The third-order valence-corrected chi connectivity index (χ3v) is 4.00. The summed E-state index contributed by atoms with van der Waals surface area (Å²) < 4.78 is 0.664. The summed E-state index contributed by atoms with van der Waals surface area (Å²) in [5.74, 6) is 0. The molecule has 2 rings (SSSR count). The van der Waals surface area contributed by atoms with Gasteiger partial charge in [-0.25, -0.2) is 0 Å². The maximum Gasteiger partial charge on any atom is 0.147 e. The Hall–Kier alpha value is -0.860. The first-order valence-electron chi connectivity index (χ1n) is 7.11. The minimum atomic E-state index is 0.422. The van der Waals surface area contributed by atoms with E-state index in [1.807, 2.05) is 0 Å². The van der Waals surface area contributed by atoms with E-state index >= 15 is 0 Å². The van der Waals surface area contributed by atoms with Crippen LogP contribution in [0.15, 0.2) is 24.3 Å². The number of rotatable bonds is 4. The first-order valence-corrected chi connectivity index (χ1v) is 7.11. The van der Waals surface area contributed by atoms with Crippen molar-refractivity contribution in [2.75, 3.05) is 14.1 Å². The molecule has 0 radical (unpaired) electrons. The molecule has 1 aliphatic rings. The topological polar surface area (TPSA) is 9.23 Å². The summed E-state index contributed by atoms with van der Waals surface area (Å²) in [7, 11) is 4.35. The monoisotopic (exact) mass is 248 g/mol. The Labute approximate surface area is 111 Å². The van der Waals surface area contributed by atoms with Crippen molar-refractivity contribution in [2.45, 2.75) is 51.7 Å². The third kappa shape index (κ3) is 2.93. The molecule has 100 valence electrons. The standard InChI is InChI=1S/C16H26NO/c1-5-6-7-15-12-16(17(3,4)18-15)14-10-8-13(2)9-11-14/h8-11,15-16H,5-7,12H2,1-4H3/q+1. The summed E-state index contributed by atoms with van der Waals surface area (Å²) in [6, 6.07) is 9.40. The van der Waals surface area contributed by atoms with Crippen LogP contribution in [0.2, 0.25) is 0 Å². The Kier molecular flexibility index (Phi) is 4.08. The Bertz CT molecular complexity index is 383. The Balaban J connectivity index is 2.10. The van der Waals surface area contributed by atoms with Crippen LogP contribution in [0.3, 0.4) is 0 Å². The van der Waals surface area contributed by atoms with E-state index in [4.69, 9.17) is 4.84 Å². The van der Waals surface area contributed by atoms with E-state index in [9.17, 15) is 0 Å². The maximum atomic E-state index is 6.19. The van der Waals surface area contributed by atoms with Crippen molar-refractivity contribution in [2.24, 2.45) is 0 Å². The molecule has 2 atom stereocenters. The summed E-state index contributed by atoms with van der Waals surface area (Å²) >= 11 is 0. The lowest BCUT2D eigenvalue weighted by Gasteiger charge is -2.28. The van der Waals surface area contributed by atoms with E-state index in [1.54, 1.807) is 0 Å². The summed E-state index contributed by atoms with van der Waals surface area (Å²) in [6.45, 7) is 4.38. The van der Waals surface area contributed by atoms with Gasteiger partial charge >= 0.3 is 0 Å². The highest BCUT2D eigenvalue weighted by atomic mass is 16.7. The van der Waals surface area contributed by atoms with E-state index in [1.165, 1.54) is 30.4 Å². The van der Waals surface area contributed by atoms with Crippen molar-refractivity contribution < 1.29 is 9.48 Å². The minimum absolute atomic E-state index is 0.422. The van der Waals surface area contributed by atoms with Gasteiger partial charge in [0.1, 0.15) is 12.1 Å². The van der Waals surface area contributed by atoms with Gasteiger partial charge in [0.15, 0.2) is 0 Å². The predicted octanol–water partition coefficient (Wildman–Crippen LogP) is 4.01. The first kappa shape index (κ1) is 13.6. The molecule has 1 aromatic carbocycles. The average molecular weight is 248 g/mol. The van der Waals surface area contributed by atoms with Crippen molar-refractivity contribution >= 4 is 0 Å². The molecule has 1 aliphatic heterocycles. The molecule has 0 spiro atoms. The van der Waals surface area contributed by atoms with Crippen LogP contribution < -0.4 is 0 Å². The van der Waals surface area contributed by atoms with Crippen molar-refractivity contribution in [3.63, 3.8) is 0 Å². The first-order chi connectivity index (χ1) is 8.53. The number of quaternary nitrogens is 1. The van der Waals surface area contributed by atoms with Crippen LogP contribution in [0.25, 0.3) is 0 Å². The maximum absolute atomic E-state index is 6.19. The van der Waals surface area contributed by atoms with Gasteiger partial charge < -0.3 is 0 Å². The number of benzene rings is 1. The summed E-state index contributed by atoms with van der Waals surface area (Å²) in [4.78, 5) is 6.19. The molecule has 0 amide bonds. The molecule has 0 N–H and O–H groups in total. The number of hydrogen-bond acceptors (Lipinski definition) is 1. The molecule has 0 aromatic heterocycles. The van der Waals surface area contributed by atoms with E-state index < -0.39 is 0 Å². The molecule has 0 bridgehead atoms. The number of hydroxylamine groups is 3. The fourth-order valence-corrected chi connectivity index (χ4v) is 2.89. The smallest absolute Gasteiger partial charge is 0.147 e. The quantitative estimate of drug-likeness (QED) is 0.732. The molecule has 2 unspecified atom stereocenters. The molecule has 1 fully saturated rings. The van der Waals surface area contributed by atoms with Gasteiger partial charge in [0.2, 0.25) is 0 Å². The zero-order valence-electron chi connectivity index (χ0n) is 12.1. The molecular weight excluding hydrogens is 222 g/mol. The van der Waals surface area contributed by atoms with Gasteiger partial charge in [0.05, 0.1) is 14.1 Å². The van der Waals surface area contributed by atoms with Crippen LogP contribution in [0, 0.1) is 6.92 Å². The second-order valence-corrected chi connectivity index (χ2v) is 5.97. The molecule has 2 heteroatoms. The Morgan fingerprint density at radius 3 is 2.50 bits per heavy atom. The fraction of sp³-hybridized carbons (Fsp3) is 0.625. The number of unbranched alkanes of at least 4 members (excludes halogenated alkanes) is 1. The highest BCUT2D eigenvalue weighted by Crippen LogP contribution is 2.39. The van der Waals surface area contributed by atoms with Crippen molar-refractivity contribution in [3.8, 4) is 0 Å². The van der Waals surface area contributed by atoms with Crippen molar-refractivity contribution in [1.82, 2.24) is 0 Å². The normalized spacial score (nSPS) is 26.4. The minimum Gasteiger partial charge on any atom is -0.199 e. The zero-order valence-corrected chi connectivity index (χ0v) is 12.1. The van der Waals surface area contributed by atoms with Crippen LogP contribution >= 0.6 is 0 Å². The van der Waals surface area contributed by atoms with Gasteiger partial charge in [-0.1, -0.05) is 49.6 Å². The SMILES string of the molecule is CCCCC1CC(c2ccc(C)cc2)[N+](C)(C)O1. The Morgan fingerprint density at radius 2 is 1.89 bits per heavy atom. The van der Waals surface area contributed by atoms with E-state index in [0.717, 1.165) is 6.42 Å². The van der Waals surface area contributed by atoms with Crippen molar-refractivity contribution in [1.29, 1.82) is 0 Å². The van der Waals surface area contributed by atoms with Gasteiger partial charge in [0.25, 0.3) is 0 Å². The molecule has 2 nitrogen and oxygen atoms in total. The summed E-state index contributed by atoms with van der Waals surface area (Å²) in [6.07, 6.45) is 5.29. The van der Waals surface area contributed by atoms with Gasteiger partial charge in [-0.2, -0.15) is 9.48 Å². The summed E-state index contributed by atoms with van der Waals surface area (Å²) in [5, 5.41) is 0. The molecule has 0 saturated carbocycles. The fourth-order valence-electron chi connectivity index (χ4n) is 2.89. The number of nitrogens with zero attached hydrogens (tertiary/aromatic N) is 1. The second kappa shape index (κ2) is 5.41. The van der Waals surface area contributed by atoms with E-state index in [2.05, 4.69) is 52.2 Å². The van der Waals surface area contributed by atoms with Crippen LogP contribution in [0.5, 0.6) is 0 Å². The van der Waals surface area contributed by atoms with Crippen LogP contribution in [0.1, 0.15) is 49.8 Å². The molecule has 1 heterocycles. The zero-order chi connectivity index (χ0) is 13.2. The molecule has 0 aliphatic carbocycles. The van der Waals surface area contributed by atoms with Gasteiger partial charge in [0, 0.05) is 12.0 Å².